The van der Waals surface area contributed by atoms with E-state index in [4.69, 9.17) is 4.98 Å². The molecule has 1 atom stereocenters. The summed E-state index contributed by atoms with van der Waals surface area (Å²) in [4.78, 5) is 34.8. The Morgan fingerprint density at radius 1 is 0.838 bits per heavy atom. The number of aryl methyl sites for hydroxylation is 1. The summed E-state index contributed by atoms with van der Waals surface area (Å²) in [5.41, 5.74) is 3.11. The van der Waals surface area contributed by atoms with E-state index in [2.05, 4.69) is 6.92 Å². The van der Waals surface area contributed by atoms with Crippen LogP contribution < -0.4 is 5.56 Å². The minimum absolute atomic E-state index is 0.0681. The van der Waals surface area contributed by atoms with Crippen molar-refractivity contribution in [3.8, 4) is 5.69 Å². The fourth-order valence-electron chi connectivity index (χ4n) is 5.12. The van der Waals surface area contributed by atoms with Crippen LogP contribution in [0.3, 0.4) is 0 Å². The molecule has 5 rings (SSSR count). The largest absolute Gasteiger partial charge is 0.329 e. The first-order chi connectivity index (χ1) is 18.1. The maximum absolute atomic E-state index is 14.1. The Balaban J connectivity index is 1.70. The molecule has 0 saturated heterocycles. The zero-order chi connectivity index (χ0) is 25.9. The summed E-state index contributed by atoms with van der Waals surface area (Å²) in [7, 11) is 0. The molecule has 4 aromatic carbocycles. The van der Waals surface area contributed by atoms with Gasteiger partial charge in [0.15, 0.2) is 0 Å². The average molecular weight is 490 g/mol. The van der Waals surface area contributed by atoms with Crippen LogP contribution in [-0.4, -0.2) is 26.9 Å². The Morgan fingerprint density at radius 2 is 1.51 bits per heavy atom. The number of rotatable bonds is 7. The number of aromatic nitrogens is 2. The molecule has 0 bridgehead atoms. The van der Waals surface area contributed by atoms with Gasteiger partial charge in [-0.3, -0.25) is 14.2 Å². The molecule has 5 aromatic rings. The first-order valence-electron chi connectivity index (χ1n) is 13.0. The molecule has 5 nitrogen and oxygen atoms in total. The van der Waals surface area contributed by atoms with Crippen LogP contribution in [0, 0.1) is 0 Å². The molecule has 1 heterocycles. The third-order valence-electron chi connectivity index (χ3n) is 7.09. The van der Waals surface area contributed by atoms with E-state index in [9.17, 15) is 9.59 Å². The molecule has 0 aliphatic rings. The van der Waals surface area contributed by atoms with Crippen LogP contribution in [0.2, 0.25) is 0 Å². The number of carbonyl (C=O) groups excluding carboxylic acids is 1. The zero-order valence-corrected chi connectivity index (χ0v) is 21.5. The molecule has 0 spiro atoms. The first-order valence-corrected chi connectivity index (χ1v) is 13.0. The van der Waals surface area contributed by atoms with Crippen LogP contribution in [0.25, 0.3) is 27.4 Å². The summed E-state index contributed by atoms with van der Waals surface area (Å²) in [5.74, 6) is 0.507. The minimum atomic E-state index is -0.389. The Labute approximate surface area is 217 Å². The number of carbonyl (C=O) groups is 1. The normalized spacial score (nSPS) is 12.1. The SMILES string of the molecule is CCc1ccc(-n2c(C(CC)N(CC)C(=O)c3cccc4ccccc34)nc3ccccc3c2=O)cc1. The average Bonchev–Trinajstić information content (AvgIpc) is 2.95. The van der Waals surface area contributed by atoms with E-state index in [1.54, 1.807) is 4.57 Å². The van der Waals surface area contributed by atoms with E-state index in [1.165, 1.54) is 5.56 Å². The van der Waals surface area contributed by atoms with Gasteiger partial charge in [0.2, 0.25) is 0 Å². The molecule has 1 amide bonds. The standard InChI is InChI=1S/C32H31N3O2/c1-4-22-18-20-24(21-19-22)35-30(33-28-17-10-9-15-27(28)32(35)37)29(5-2)34(6-3)31(36)26-16-11-13-23-12-7-8-14-25(23)26/h7-21,29H,4-6H2,1-3H3. The van der Waals surface area contributed by atoms with Crippen molar-refractivity contribution in [3.05, 3.63) is 118 Å². The maximum Gasteiger partial charge on any atom is 0.266 e. The number of fused-ring (bicyclic) bond motifs is 2. The highest BCUT2D eigenvalue weighted by atomic mass is 16.2. The summed E-state index contributed by atoms with van der Waals surface area (Å²) in [5, 5.41) is 2.50. The van der Waals surface area contributed by atoms with Gasteiger partial charge in [0.1, 0.15) is 5.82 Å². The third kappa shape index (κ3) is 4.42. The summed E-state index contributed by atoms with van der Waals surface area (Å²) in [6.07, 6.45) is 1.53. The second kappa shape index (κ2) is 10.4. The van der Waals surface area contributed by atoms with Gasteiger partial charge in [0.25, 0.3) is 11.5 Å². The van der Waals surface area contributed by atoms with Crippen molar-refractivity contribution in [2.75, 3.05) is 6.54 Å². The van der Waals surface area contributed by atoms with Crippen molar-refractivity contribution in [1.82, 2.24) is 14.5 Å². The molecule has 0 fully saturated rings. The number of para-hydroxylation sites is 1. The van der Waals surface area contributed by atoms with Gasteiger partial charge < -0.3 is 4.90 Å². The molecule has 0 radical (unpaired) electrons. The predicted octanol–water partition coefficient (Wildman–Crippen LogP) is 6.71. The molecule has 0 saturated carbocycles. The van der Waals surface area contributed by atoms with Crippen molar-refractivity contribution in [2.24, 2.45) is 0 Å². The Hall–Kier alpha value is -4.25. The minimum Gasteiger partial charge on any atom is -0.329 e. The van der Waals surface area contributed by atoms with E-state index >= 15 is 0 Å². The van der Waals surface area contributed by atoms with Crippen molar-refractivity contribution in [3.63, 3.8) is 0 Å². The summed E-state index contributed by atoms with van der Waals surface area (Å²) in [6.45, 7) is 6.61. The molecule has 186 valence electrons. The van der Waals surface area contributed by atoms with Gasteiger partial charge in [-0.25, -0.2) is 4.98 Å². The van der Waals surface area contributed by atoms with E-state index in [0.29, 0.717) is 35.3 Å². The van der Waals surface area contributed by atoms with Gasteiger partial charge in [-0.15, -0.1) is 0 Å². The van der Waals surface area contributed by atoms with Gasteiger partial charge >= 0.3 is 0 Å². The smallest absolute Gasteiger partial charge is 0.266 e. The Kier molecular flexibility index (Phi) is 6.87. The van der Waals surface area contributed by atoms with Crippen molar-refractivity contribution < 1.29 is 4.79 Å². The van der Waals surface area contributed by atoms with E-state index < -0.39 is 0 Å². The summed E-state index contributed by atoms with van der Waals surface area (Å²) >= 11 is 0. The van der Waals surface area contributed by atoms with Crippen molar-refractivity contribution >= 4 is 27.6 Å². The molecular weight excluding hydrogens is 458 g/mol. The fourth-order valence-corrected chi connectivity index (χ4v) is 5.12. The molecule has 5 heteroatoms. The monoisotopic (exact) mass is 489 g/mol. The zero-order valence-electron chi connectivity index (χ0n) is 21.5. The van der Waals surface area contributed by atoms with Crippen molar-refractivity contribution in [1.29, 1.82) is 0 Å². The molecule has 0 aliphatic heterocycles. The third-order valence-corrected chi connectivity index (χ3v) is 7.09. The molecule has 37 heavy (non-hydrogen) atoms. The summed E-state index contributed by atoms with van der Waals surface area (Å²) in [6, 6.07) is 28.8. The highest BCUT2D eigenvalue weighted by molar-refractivity contribution is 6.07. The number of amides is 1. The van der Waals surface area contributed by atoms with Crippen LogP contribution >= 0.6 is 0 Å². The molecule has 1 aromatic heterocycles. The molecule has 1 unspecified atom stereocenters. The summed E-state index contributed by atoms with van der Waals surface area (Å²) < 4.78 is 1.69. The van der Waals surface area contributed by atoms with Gasteiger partial charge in [0.05, 0.1) is 22.6 Å². The second-order valence-electron chi connectivity index (χ2n) is 9.19. The topological polar surface area (TPSA) is 55.2 Å². The molecular formula is C32H31N3O2. The lowest BCUT2D eigenvalue weighted by atomic mass is 10.0. The van der Waals surface area contributed by atoms with Crippen LogP contribution in [0.4, 0.5) is 0 Å². The lowest BCUT2D eigenvalue weighted by Crippen LogP contribution is -2.38. The fraction of sp³-hybridized carbons (Fsp3) is 0.219. The van der Waals surface area contributed by atoms with Gasteiger partial charge in [-0.2, -0.15) is 0 Å². The number of benzene rings is 4. The number of hydrogen-bond donors (Lipinski definition) is 0. The molecule has 0 N–H and O–H groups in total. The maximum atomic E-state index is 14.1. The molecule has 0 aliphatic carbocycles. The number of nitrogens with zero attached hydrogens (tertiary/aromatic N) is 3. The predicted molar refractivity (Wildman–Crippen MR) is 150 cm³/mol. The highest BCUT2D eigenvalue weighted by Crippen LogP contribution is 2.29. The Morgan fingerprint density at radius 3 is 2.22 bits per heavy atom. The van der Waals surface area contributed by atoms with Crippen LogP contribution in [0.1, 0.15) is 55.0 Å². The number of hydrogen-bond acceptors (Lipinski definition) is 3. The van der Waals surface area contributed by atoms with Gasteiger partial charge in [0, 0.05) is 12.1 Å². The van der Waals surface area contributed by atoms with Crippen LogP contribution in [0.5, 0.6) is 0 Å². The van der Waals surface area contributed by atoms with E-state index in [1.807, 2.05) is 110 Å². The van der Waals surface area contributed by atoms with E-state index in [-0.39, 0.29) is 17.5 Å². The van der Waals surface area contributed by atoms with Gasteiger partial charge in [-0.05, 0) is 66.4 Å². The lowest BCUT2D eigenvalue weighted by Gasteiger charge is -2.32. The quantitative estimate of drug-likeness (QED) is 0.255. The highest BCUT2D eigenvalue weighted by Gasteiger charge is 2.29. The van der Waals surface area contributed by atoms with Crippen molar-refractivity contribution in [2.45, 2.75) is 39.7 Å². The van der Waals surface area contributed by atoms with Crippen LogP contribution in [0.15, 0.2) is 95.8 Å². The van der Waals surface area contributed by atoms with E-state index in [0.717, 1.165) is 22.9 Å². The second-order valence-corrected chi connectivity index (χ2v) is 9.19. The first kappa shape index (κ1) is 24.4. The lowest BCUT2D eigenvalue weighted by molar-refractivity contribution is 0.0674. The van der Waals surface area contributed by atoms with Gasteiger partial charge in [-0.1, -0.05) is 74.5 Å². The Bertz CT molecular complexity index is 1630. The van der Waals surface area contributed by atoms with Crippen LogP contribution in [-0.2, 0) is 6.42 Å².